The van der Waals surface area contributed by atoms with Gasteiger partial charge in [0.05, 0.1) is 6.61 Å². The summed E-state index contributed by atoms with van der Waals surface area (Å²) in [6.07, 6.45) is 3.58. The lowest BCUT2D eigenvalue weighted by Crippen LogP contribution is -2.42. The highest BCUT2D eigenvalue weighted by Crippen LogP contribution is 2.26. The summed E-state index contributed by atoms with van der Waals surface area (Å²) >= 11 is 0. The second kappa shape index (κ2) is 9.78. The predicted octanol–water partition coefficient (Wildman–Crippen LogP) is 2.95. The summed E-state index contributed by atoms with van der Waals surface area (Å²) in [5, 5.41) is 6.47. The predicted molar refractivity (Wildman–Crippen MR) is 96.4 cm³/mol. The molecule has 0 saturated carbocycles. The van der Waals surface area contributed by atoms with Gasteiger partial charge in [-0.15, -0.1) is 12.4 Å². The summed E-state index contributed by atoms with van der Waals surface area (Å²) in [6, 6.07) is 8.00. The van der Waals surface area contributed by atoms with Gasteiger partial charge in [0.15, 0.2) is 0 Å². The number of piperidine rings is 1. The van der Waals surface area contributed by atoms with Gasteiger partial charge >= 0.3 is 0 Å². The molecule has 0 aliphatic carbocycles. The molecule has 130 valence electrons. The number of halogens is 1. The molecule has 23 heavy (non-hydrogen) atoms. The van der Waals surface area contributed by atoms with Crippen LogP contribution in [0.15, 0.2) is 24.3 Å². The Morgan fingerprint density at radius 1 is 1.26 bits per heavy atom. The van der Waals surface area contributed by atoms with Crippen LogP contribution in [-0.4, -0.2) is 32.1 Å². The van der Waals surface area contributed by atoms with E-state index in [1.54, 1.807) is 0 Å². The molecule has 1 aromatic rings. The fourth-order valence-corrected chi connectivity index (χ4v) is 2.78. The van der Waals surface area contributed by atoms with E-state index in [4.69, 9.17) is 4.74 Å². The zero-order valence-corrected chi connectivity index (χ0v) is 15.0. The summed E-state index contributed by atoms with van der Waals surface area (Å²) in [6.45, 7) is 7.81. The van der Waals surface area contributed by atoms with E-state index in [2.05, 4.69) is 17.6 Å². The molecule has 1 heterocycles. The van der Waals surface area contributed by atoms with E-state index in [1.165, 1.54) is 5.56 Å². The Bertz CT molecular complexity index is 470. The highest BCUT2D eigenvalue weighted by atomic mass is 35.5. The van der Waals surface area contributed by atoms with Crippen molar-refractivity contribution < 1.29 is 9.53 Å². The van der Waals surface area contributed by atoms with Crippen molar-refractivity contribution in [2.75, 3.05) is 26.2 Å². The highest BCUT2D eigenvalue weighted by molar-refractivity contribution is 5.85. The van der Waals surface area contributed by atoms with Crippen molar-refractivity contribution in [2.24, 2.45) is 5.41 Å². The van der Waals surface area contributed by atoms with Crippen LogP contribution in [0.3, 0.4) is 0 Å². The SMILES string of the molecule is CCOc1ccc(CCC(=O)NCC2(C)CCNCC2)cc1.Cl. The molecule has 0 bridgehead atoms. The van der Waals surface area contributed by atoms with Gasteiger partial charge in [0, 0.05) is 13.0 Å². The topological polar surface area (TPSA) is 50.4 Å². The first-order valence-electron chi connectivity index (χ1n) is 8.30. The number of rotatable bonds is 7. The number of aryl methyl sites for hydroxylation is 1. The van der Waals surface area contributed by atoms with Crippen LogP contribution < -0.4 is 15.4 Å². The van der Waals surface area contributed by atoms with Crippen molar-refractivity contribution >= 4 is 18.3 Å². The van der Waals surface area contributed by atoms with Gasteiger partial charge in [-0.3, -0.25) is 4.79 Å². The number of amides is 1. The fraction of sp³-hybridized carbons (Fsp3) is 0.611. The maximum Gasteiger partial charge on any atom is 0.220 e. The number of hydrogen-bond donors (Lipinski definition) is 2. The standard InChI is InChI=1S/C18H28N2O2.ClH/c1-3-22-16-7-4-15(5-8-16)6-9-17(21)20-14-18(2)10-12-19-13-11-18;/h4-5,7-8,19H,3,6,9-14H2,1-2H3,(H,20,21);1H. The lowest BCUT2D eigenvalue weighted by Gasteiger charge is -2.34. The Morgan fingerprint density at radius 2 is 1.91 bits per heavy atom. The molecule has 1 aliphatic heterocycles. The molecule has 0 aromatic heterocycles. The fourth-order valence-electron chi connectivity index (χ4n) is 2.78. The first kappa shape index (κ1) is 19.8. The van der Waals surface area contributed by atoms with Crippen LogP contribution in [0.25, 0.3) is 0 Å². The molecule has 1 fully saturated rings. The maximum atomic E-state index is 12.0. The van der Waals surface area contributed by atoms with Gasteiger partial charge in [0.25, 0.3) is 0 Å². The number of carbonyl (C=O) groups is 1. The number of nitrogens with one attached hydrogen (secondary N) is 2. The first-order valence-corrected chi connectivity index (χ1v) is 8.30. The second-order valence-corrected chi connectivity index (χ2v) is 6.41. The van der Waals surface area contributed by atoms with Crippen LogP contribution in [0.1, 0.15) is 38.7 Å². The molecule has 5 heteroatoms. The number of benzene rings is 1. The van der Waals surface area contributed by atoms with E-state index in [1.807, 2.05) is 31.2 Å². The number of carbonyl (C=O) groups excluding carboxylic acids is 1. The van der Waals surface area contributed by atoms with Crippen molar-refractivity contribution in [3.05, 3.63) is 29.8 Å². The van der Waals surface area contributed by atoms with Gasteiger partial charge in [0.1, 0.15) is 5.75 Å². The Balaban J connectivity index is 0.00000264. The summed E-state index contributed by atoms with van der Waals surface area (Å²) < 4.78 is 5.42. The molecule has 1 aromatic carbocycles. The molecule has 1 amide bonds. The average Bonchev–Trinajstić information content (AvgIpc) is 2.53. The maximum absolute atomic E-state index is 12.0. The zero-order valence-electron chi connectivity index (χ0n) is 14.2. The minimum absolute atomic E-state index is 0. The van der Waals surface area contributed by atoms with E-state index in [0.29, 0.717) is 13.0 Å². The van der Waals surface area contributed by atoms with Crippen LogP contribution >= 0.6 is 12.4 Å². The van der Waals surface area contributed by atoms with Crippen LogP contribution in [-0.2, 0) is 11.2 Å². The van der Waals surface area contributed by atoms with Crippen molar-refractivity contribution in [1.29, 1.82) is 0 Å². The van der Waals surface area contributed by atoms with Crippen LogP contribution in [0.5, 0.6) is 5.75 Å². The quantitative estimate of drug-likeness (QED) is 0.802. The van der Waals surface area contributed by atoms with Gasteiger partial charge in [-0.25, -0.2) is 0 Å². The third-order valence-corrected chi connectivity index (χ3v) is 4.40. The lowest BCUT2D eigenvalue weighted by molar-refractivity contribution is -0.121. The highest BCUT2D eigenvalue weighted by Gasteiger charge is 2.26. The summed E-state index contributed by atoms with van der Waals surface area (Å²) in [5.41, 5.74) is 1.42. The van der Waals surface area contributed by atoms with Gasteiger partial charge in [0.2, 0.25) is 5.91 Å². The van der Waals surface area contributed by atoms with Crippen LogP contribution in [0.4, 0.5) is 0 Å². The Kier molecular flexibility index (Phi) is 8.42. The summed E-state index contributed by atoms with van der Waals surface area (Å²) in [4.78, 5) is 12.0. The zero-order chi connectivity index (χ0) is 15.8. The molecule has 1 saturated heterocycles. The molecular formula is C18H29ClN2O2. The van der Waals surface area contributed by atoms with Crippen molar-refractivity contribution in [1.82, 2.24) is 10.6 Å². The Hall–Kier alpha value is -1.26. The third kappa shape index (κ3) is 6.80. The van der Waals surface area contributed by atoms with E-state index in [9.17, 15) is 4.79 Å². The Morgan fingerprint density at radius 3 is 2.52 bits per heavy atom. The molecule has 2 N–H and O–H groups in total. The van der Waals surface area contributed by atoms with E-state index < -0.39 is 0 Å². The monoisotopic (exact) mass is 340 g/mol. The molecule has 0 radical (unpaired) electrons. The Labute approximate surface area is 145 Å². The third-order valence-electron chi connectivity index (χ3n) is 4.40. The van der Waals surface area contributed by atoms with Crippen LogP contribution in [0.2, 0.25) is 0 Å². The van der Waals surface area contributed by atoms with Crippen LogP contribution in [0, 0.1) is 5.41 Å². The van der Waals surface area contributed by atoms with Gasteiger partial charge in [-0.1, -0.05) is 19.1 Å². The van der Waals surface area contributed by atoms with E-state index >= 15 is 0 Å². The number of hydrogen-bond acceptors (Lipinski definition) is 3. The van der Waals surface area contributed by atoms with Gasteiger partial charge in [-0.05, 0) is 62.4 Å². The molecular weight excluding hydrogens is 312 g/mol. The van der Waals surface area contributed by atoms with Gasteiger partial charge in [-0.2, -0.15) is 0 Å². The molecule has 2 rings (SSSR count). The minimum atomic E-state index is 0. The van der Waals surface area contributed by atoms with Crippen molar-refractivity contribution in [3.8, 4) is 5.75 Å². The molecule has 4 nitrogen and oxygen atoms in total. The number of ether oxygens (including phenoxy) is 1. The van der Waals surface area contributed by atoms with Crippen molar-refractivity contribution in [2.45, 2.75) is 39.5 Å². The van der Waals surface area contributed by atoms with Crippen molar-refractivity contribution in [3.63, 3.8) is 0 Å². The molecule has 0 unspecified atom stereocenters. The largest absolute Gasteiger partial charge is 0.494 e. The van der Waals surface area contributed by atoms with E-state index in [-0.39, 0.29) is 23.7 Å². The molecule has 1 aliphatic rings. The van der Waals surface area contributed by atoms with Gasteiger partial charge < -0.3 is 15.4 Å². The average molecular weight is 341 g/mol. The summed E-state index contributed by atoms with van der Waals surface area (Å²) in [5.74, 6) is 1.03. The molecule has 0 atom stereocenters. The second-order valence-electron chi connectivity index (χ2n) is 6.41. The minimum Gasteiger partial charge on any atom is -0.494 e. The summed E-state index contributed by atoms with van der Waals surface area (Å²) in [7, 11) is 0. The normalized spacial score (nSPS) is 16.3. The molecule has 0 spiro atoms. The first-order chi connectivity index (χ1) is 10.6. The smallest absolute Gasteiger partial charge is 0.220 e. The van der Waals surface area contributed by atoms with E-state index in [0.717, 1.165) is 44.6 Å². The lowest BCUT2D eigenvalue weighted by atomic mass is 9.81.